The monoisotopic (exact) mass is 554 g/mol. The van der Waals surface area contributed by atoms with Gasteiger partial charge in [0.2, 0.25) is 11.8 Å². The highest BCUT2D eigenvalue weighted by atomic mass is 28.3. The van der Waals surface area contributed by atoms with E-state index in [9.17, 15) is 14.7 Å². The van der Waals surface area contributed by atoms with Crippen LogP contribution in [-0.2, 0) is 25.0 Å². The van der Waals surface area contributed by atoms with Crippen LogP contribution in [0.4, 0.5) is 0 Å². The number of nitrogens with zero attached hydrogens (tertiary/aromatic N) is 1. The number of hydrogen-bond donors (Lipinski definition) is 2. The Morgan fingerprint density at radius 3 is 1.82 bits per heavy atom. The minimum atomic E-state index is -2.44. The molecule has 0 spiro atoms. The van der Waals surface area contributed by atoms with Crippen LogP contribution in [0, 0.1) is 5.41 Å². The maximum Gasteiger partial charge on any atom is 0.246 e. The van der Waals surface area contributed by atoms with Crippen molar-refractivity contribution in [2.45, 2.75) is 89.7 Å². The van der Waals surface area contributed by atoms with Gasteiger partial charge in [-0.3, -0.25) is 9.59 Å². The number of amides is 2. The molecule has 4 atom stereocenters. The van der Waals surface area contributed by atoms with E-state index >= 15 is 0 Å². The van der Waals surface area contributed by atoms with E-state index in [1.54, 1.807) is 0 Å². The Balaban J connectivity index is 2.51. The first-order valence-electron chi connectivity index (χ1n) is 13.4. The standard InChI is InChI=1S/C30H46N2O4Si2/c1-27(2,3)30(22-18-14-11-15-19-22,29(7,36-37)21-16-12-10-13-17-21)25-24(31-23(34)20-33)26(35)32(25)38(8,9)28(4,5)6/h10-19,24-25,33H,20H2,1-9,37H3,(H,31,34)/t24-,25-,29-,30?/m0/s1. The van der Waals surface area contributed by atoms with Crippen LogP contribution >= 0.6 is 0 Å². The number of hydrogen-bond acceptors (Lipinski definition) is 4. The first-order chi connectivity index (χ1) is 17.5. The second-order valence-electron chi connectivity index (χ2n) is 13.2. The fraction of sp³-hybridized carbons (Fsp3) is 0.533. The molecule has 2 amide bonds. The number of rotatable bonds is 8. The molecular formula is C30H46N2O4Si2. The van der Waals surface area contributed by atoms with Crippen LogP contribution in [-0.4, -0.2) is 58.9 Å². The number of nitrogens with one attached hydrogen (secondary N) is 1. The highest BCUT2D eigenvalue weighted by molar-refractivity contribution is 6.80. The van der Waals surface area contributed by atoms with Crippen LogP contribution in [0.2, 0.25) is 18.1 Å². The van der Waals surface area contributed by atoms with Gasteiger partial charge in [0, 0.05) is 0 Å². The molecule has 1 fully saturated rings. The van der Waals surface area contributed by atoms with Gasteiger partial charge in [-0.15, -0.1) is 0 Å². The van der Waals surface area contributed by atoms with Crippen molar-refractivity contribution in [2.75, 3.05) is 6.61 Å². The minimum Gasteiger partial charge on any atom is -0.418 e. The zero-order valence-electron chi connectivity index (χ0n) is 24.8. The third-order valence-electron chi connectivity index (χ3n) is 9.34. The Labute approximate surface area is 232 Å². The molecule has 1 aliphatic rings. The molecule has 2 aromatic rings. The zero-order valence-corrected chi connectivity index (χ0v) is 27.8. The van der Waals surface area contributed by atoms with E-state index in [1.165, 1.54) is 0 Å². The van der Waals surface area contributed by atoms with Gasteiger partial charge in [-0.05, 0) is 28.5 Å². The van der Waals surface area contributed by atoms with Gasteiger partial charge in [0.25, 0.3) is 0 Å². The summed E-state index contributed by atoms with van der Waals surface area (Å²) in [5.41, 5.74) is 0.0298. The van der Waals surface area contributed by atoms with Gasteiger partial charge in [-0.1, -0.05) is 115 Å². The zero-order chi connectivity index (χ0) is 28.7. The average molecular weight is 555 g/mol. The first-order valence-corrected chi connectivity index (χ1v) is 17.2. The molecule has 1 aliphatic heterocycles. The molecule has 8 heteroatoms. The summed E-state index contributed by atoms with van der Waals surface area (Å²) in [4.78, 5) is 26.7. The summed E-state index contributed by atoms with van der Waals surface area (Å²) in [5, 5.41) is 12.4. The molecule has 6 nitrogen and oxygen atoms in total. The van der Waals surface area contributed by atoms with E-state index in [0.29, 0.717) is 10.5 Å². The minimum absolute atomic E-state index is 0.0864. The molecule has 0 radical (unpaired) electrons. The average Bonchev–Trinajstić information content (AvgIpc) is 2.86. The molecule has 0 aliphatic carbocycles. The van der Waals surface area contributed by atoms with Gasteiger partial charge in [-0.2, -0.15) is 0 Å². The summed E-state index contributed by atoms with van der Waals surface area (Å²) in [6.07, 6.45) is 0. The summed E-state index contributed by atoms with van der Waals surface area (Å²) >= 11 is 0. The Hall–Kier alpha value is -2.27. The lowest BCUT2D eigenvalue weighted by atomic mass is 9.47. The Morgan fingerprint density at radius 2 is 1.42 bits per heavy atom. The predicted octanol–water partition coefficient (Wildman–Crippen LogP) is 3.88. The molecule has 208 valence electrons. The van der Waals surface area contributed by atoms with E-state index in [-0.39, 0.29) is 10.9 Å². The lowest BCUT2D eigenvalue weighted by Gasteiger charge is -2.70. The molecule has 1 saturated heterocycles. The van der Waals surface area contributed by atoms with Crippen LogP contribution in [0.25, 0.3) is 0 Å². The van der Waals surface area contributed by atoms with Crippen molar-refractivity contribution < 1.29 is 19.1 Å². The van der Waals surface area contributed by atoms with Crippen molar-refractivity contribution in [1.82, 2.24) is 9.88 Å². The van der Waals surface area contributed by atoms with Crippen LogP contribution in [0.15, 0.2) is 60.7 Å². The lowest BCUT2D eigenvalue weighted by molar-refractivity contribution is -0.168. The Bertz CT molecular complexity index is 1140. The summed E-state index contributed by atoms with van der Waals surface area (Å²) in [7, 11) is -1.98. The van der Waals surface area contributed by atoms with Crippen LogP contribution in [0.3, 0.4) is 0 Å². The van der Waals surface area contributed by atoms with Crippen molar-refractivity contribution >= 4 is 30.5 Å². The third-order valence-corrected chi connectivity index (χ3v) is 15.5. The van der Waals surface area contributed by atoms with Crippen LogP contribution in [0.5, 0.6) is 0 Å². The van der Waals surface area contributed by atoms with Gasteiger partial charge >= 0.3 is 0 Å². The smallest absolute Gasteiger partial charge is 0.246 e. The summed E-state index contributed by atoms with van der Waals surface area (Å²) in [6.45, 7) is 19.2. The van der Waals surface area contributed by atoms with Crippen molar-refractivity contribution in [2.24, 2.45) is 5.41 Å². The molecule has 1 heterocycles. The van der Waals surface area contributed by atoms with E-state index in [4.69, 9.17) is 4.43 Å². The Morgan fingerprint density at radius 1 is 0.947 bits per heavy atom. The maximum atomic E-state index is 14.1. The first kappa shape index (κ1) is 30.3. The van der Waals surface area contributed by atoms with Crippen LogP contribution in [0.1, 0.15) is 59.6 Å². The van der Waals surface area contributed by atoms with Crippen molar-refractivity contribution in [3.05, 3.63) is 71.8 Å². The van der Waals surface area contributed by atoms with E-state index in [0.717, 1.165) is 11.1 Å². The molecule has 0 bridgehead atoms. The largest absolute Gasteiger partial charge is 0.418 e. The summed E-state index contributed by atoms with van der Waals surface area (Å²) in [5.74, 6) is -0.635. The van der Waals surface area contributed by atoms with Gasteiger partial charge in [-0.25, -0.2) is 0 Å². The van der Waals surface area contributed by atoms with Gasteiger partial charge in [0.1, 0.15) is 23.1 Å². The number of aliphatic hydroxyl groups is 1. The topological polar surface area (TPSA) is 78.9 Å². The second kappa shape index (κ2) is 10.4. The van der Waals surface area contributed by atoms with E-state index in [1.807, 2.05) is 36.4 Å². The quantitative estimate of drug-likeness (QED) is 0.384. The predicted molar refractivity (Wildman–Crippen MR) is 159 cm³/mol. The van der Waals surface area contributed by atoms with Crippen molar-refractivity contribution in [3.63, 3.8) is 0 Å². The van der Waals surface area contributed by atoms with Gasteiger partial charge < -0.3 is 19.4 Å². The number of carbonyl (C=O) groups is 2. The SMILES string of the molecule is CC(C)(C)C(c1ccccc1)([C@@H]1[C@H](NC(=O)CO)C(=O)N1[Si](C)(C)C(C)(C)C)[C@@](C)(O[SiH3])c1ccccc1. The molecule has 2 aromatic carbocycles. The second-order valence-corrected chi connectivity index (χ2v) is 18.7. The molecule has 2 N–H and O–H groups in total. The van der Waals surface area contributed by atoms with Gasteiger partial charge in [0.05, 0.1) is 17.1 Å². The number of aliphatic hydroxyl groups excluding tert-OH is 1. The normalized spacial score (nSPS) is 21.8. The fourth-order valence-corrected chi connectivity index (χ4v) is 9.57. The number of benzene rings is 2. The highest BCUT2D eigenvalue weighted by Gasteiger charge is 2.72. The van der Waals surface area contributed by atoms with Crippen molar-refractivity contribution in [3.8, 4) is 0 Å². The fourth-order valence-electron chi connectivity index (χ4n) is 6.56. The van der Waals surface area contributed by atoms with Crippen LogP contribution < -0.4 is 5.32 Å². The third kappa shape index (κ3) is 4.49. The summed E-state index contributed by atoms with van der Waals surface area (Å²) in [6, 6.07) is 19.4. The molecule has 3 rings (SSSR count). The molecule has 0 aromatic heterocycles. The summed E-state index contributed by atoms with van der Waals surface area (Å²) < 4.78 is 8.86. The van der Waals surface area contributed by atoms with Gasteiger partial charge in [0.15, 0.2) is 8.24 Å². The van der Waals surface area contributed by atoms with Crippen molar-refractivity contribution in [1.29, 1.82) is 0 Å². The molecular weight excluding hydrogens is 509 g/mol. The number of β-lactam (4-membered cyclic amide) rings is 1. The highest BCUT2D eigenvalue weighted by Crippen LogP contribution is 2.62. The van der Waals surface area contributed by atoms with E-state index in [2.05, 4.69) is 95.7 Å². The molecule has 0 saturated carbocycles. The molecule has 38 heavy (non-hydrogen) atoms. The maximum absolute atomic E-state index is 14.1. The van der Waals surface area contributed by atoms with E-state index < -0.39 is 49.3 Å². The lowest BCUT2D eigenvalue weighted by Crippen LogP contribution is -2.86. The molecule has 1 unspecified atom stereocenters. The Kier molecular flexibility index (Phi) is 8.26. The number of carbonyl (C=O) groups excluding carboxylic acids is 2.